The monoisotopic (exact) mass is 241 g/mol. The molecule has 1 aromatic heterocycles. The molecule has 0 saturated carbocycles. The molecular weight excluding hydrogens is 230 g/mol. The summed E-state index contributed by atoms with van der Waals surface area (Å²) in [5, 5.41) is 0.366. The lowest BCUT2D eigenvalue weighted by atomic mass is 10.0. The van der Waals surface area contributed by atoms with Crippen LogP contribution in [0.4, 0.5) is 5.82 Å². The second-order valence-electron chi connectivity index (χ2n) is 3.52. The molecule has 2 rings (SSSR count). The van der Waals surface area contributed by atoms with Gasteiger partial charge >= 0.3 is 5.97 Å². The quantitative estimate of drug-likeness (QED) is 0.743. The Morgan fingerprint density at radius 3 is 2.88 bits per heavy atom. The van der Waals surface area contributed by atoms with Crippen molar-refractivity contribution in [2.75, 3.05) is 24.6 Å². The van der Waals surface area contributed by atoms with E-state index >= 15 is 0 Å². The number of ether oxygens (including phenoxy) is 1. The fraction of sp³-hybridized carbons (Fsp3) is 0.500. The number of carbonyl (C=O) groups is 1. The van der Waals surface area contributed by atoms with Crippen LogP contribution in [-0.4, -0.2) is 35.6 Å². The van der Waals surface area contributed by atoms with Gasteiger partial charge in [0.25, 0.3) is 0 Å². The van der Waals surface area contributed by atoms with Crippen LogP contribution in [0, 0.1) is 5.92 Å². The largest absolute Gasteiger partial charge is 0.466 e. The third-order valence-electron chi connectivity index (χ3n) is 2.44. The van der Waals surface area contributed by atoms with Gasteiger partial charge in [-0.2, -0.15) is 0 Å². The van der Waals surface area contributed by atoms with Gasteiger partial charge in [0.1, 0.15) is 0 Å². The Kier molecular flexibility index (Phi) is 3.24. The molecule has 0 N–H and O–H groups in total. The highest BCUT2D eigenvalue weighted by Crippen LogP contribution is 2.27. The zero-order chi connectivity index (χ0) is 11.5. The Balaban J connectivity index is 1.94. The molecule has 1 aromatic rings. The van der Waals surface area contributed by atoms with Crippen molar-refractivity contribution >= 4 is 23.4 Å². The molecule has 0 atom stereocenters. The van der Waals surface area contributed by atoms with Gasteiger partial charge in [0.2, 0.25) is 0 Å². The second-order valence-corrected chi connectivity index (χ2v) is 3.88. The first-order valence-corrected chi connectivity index (χ1v) is 5.48. The lowest BCUT2D eigenvalue weighted by Crippen LogP contribution is -2.51. The highest BCUT2D eigenvalue weighted by molar-refractivity contribution is 6.31. The van der Waals surface area contributed by atoms with Crippen LogP contribution in [0.1, 0.15) is 6.92 Å². The maximum Gasteiger partial charge on any atom is 0.312 e. The van der Waals surface area contributed by atoms with Gasteiger partial charge in [-0.25, -0.2) is 9.97 Å². The van der Waals surface area contributed by atoms with E-state index in [0.717, 1.165) is 0 Å². The summed E-state index contributed by atoms with van der Waals surface area (Å²) in [6, 6.07) is 0. The van der Waals surface area contributed by atoms with Crippen LogP contribution in [-0.2, 0) is 9.53 Å². The van der Waals surface area contributed by atoms with Crippen LogP contribution in [0.15, 0.2) is 12.4 Å². The molecule has 5 nitrogen and oxygen atoms in total. The molecule has 6 heteroatoms. The third-order valence-corrected chi connectivity index (χ3v) is 2.70. The summed E-state index contributed by atoms with van der Waals surface area (Å²) in [6.45, 7) is 3.41. The van der Waals surface area contributed by atoms with Gasteiger partial charge in [0.15, 0.2) is 11.0 Å². The average molecular weight is 242 g/mol. The van der Waals surface area contributed by atoms with Gasteiger partial charge in [-0.3, -0.25) is 4.79 Å². The van der Waals surface area contributed by atoms with Crippen molar-refractivity contribution in [3.05, 3.63) is 17.5 Å². The van der Waals surface area contributed by atoms with Crippen molar-refractivity contribution in [3.63, 3.8) is 0 Å². The van der Waals surface area contributed by atoms with Crippen molar-refractivity contribution in [1.29, 1.82) is 0 Å². The predicted molar refractivity (Wildman–Crippen MR) is 59.4 cm³/mol. The van der Waals surface area contributed by atoms with Crippen LogP contribution < -0.4 is 4.90 Å². The number of halogens is 1. The number of nitrogens with zero attached hydrogens (tertiary/aromatic N) is 3. The summed E-state index contributed by atoms with van der Waals surface area (Å²) in [7, 11) is 0. The Morgan fingerprint density at radius 1 is 1.56 bits per heavy atom. The molecule has 0 aliphatic carbocycles. The van der Waals surface area contributed by atoms with Crippen LogP contribution in [0.25, 0.3) is 0 Å². The summed E-state index contributed by atoms with van der Waals surface area (Å²) >= 11 is 5.89. The maximum absolute atomic E-state index is 11.4. The van der Waals surface area contributed by atoms with E-state index in [4.69, 9.17) is 16.3 Å². The minimum Gasteiger partial charge on any atom is -0.466 e. The summed E-state index contributed by atoms with van der Waals surface area (Å²) < 4.78 is 4.93. The number of anilines is 1. The van der Waals surface area contributed by atoms with Gasteiger partial charge in [-0.05, 0) is 6.92 Å². The molecule has 0 unspecified atom stereocenters. The molecule has 0 radical (unpaired) electrons. The Labute approximate surface area is 98.4 Å². The number of rotatable bonds is 3. The first-order valence-electron chi connectivity index (χ1n) is 5.10. The number of esters is 1. The van der Waals surface area contributed by atoms with Crippen molar-refractivity contribution in [1.82, 2.24) is 9.97 Å². The van der Waals surface area contributed by atoms with Crippen LogP contribution in [0.2, 0.25) is 5.15 Å². The van der Waals surface area contributed by atoms with Gasteiger partial charge < -0.3 is 9.64 Å². The van der Waals surface area contributed by atoms with Crippen LogP contribution in [0.5, 0.6) is 0 Å². The molecule has 2 heterocycles. The Bertz CT molecular complexity index is 393. The highest BCUT2D eigenvalue weighted by Gasteiger charge is 2.35. The molecule has 0 spiro atoms. The molecule has 0 aromatic carbocycles. The molecule has 0 bridgehead atoms. The van der Waals surface area contributed by atoms with E-state index in [9.17, 15) is 4.79 Å². The Morgan fingerprint density at radius 2 is 2.25 bits per heavy atom. The molecule has 1 saturated heterocycles. The number of carbonyl (C=O) groups excluding carboxylic acids is 1. The van der Waals surface area contributed by atoms with E-state index in [2.05, 4.69) is 9.97 Å². The fourth-order valence-electron chi connectivity index (χ4n) is 1.59. The summed E-state index contributed by atoms with van der Waals surface area (Å²) in [4.78, 5) is 21.3. The van der Waals surface area contributed by atoms with Crippen molar-refractivity contribution < 1.29 is 9.53 Å². The summed E-state index contributed by atoms with van der Waals surface area (Å²) in [5.41, 5.74) is 0. The van der Waals surface area contributed by atoms with Gasteiger partial charge in [0, 0.05) is 25.5 Å². The van der Waals surface area contributed by atoms with Gasteiger partial charge in [-0.15, -0.1) is 0 Å². The minimum atomic E-state index is -0.154. The molecule has 1 aliphatic rings. The van der Waals surface area contributed by atoms with Gasteiger partial charge in [-0.1, -0.05) is 11.6 Å². The molecule has 16 heavy (non-hydrogen) atoms. The maximum atomic E-state index is 11.4. The lowest BCUT2D eigenvalue weighted by Gasteiger charge is -2.38. The minimum absolute atomic E-state index is 0.0713. The van der Waals surface area contributed by atoms with Crippen LogP contribution >= 0.6 is 11.6 Å². The molecule has 1 aliphatic heterocycles. The fourth-order valence-corrected chi connectivity index (χ4v) is 1.81. The first kappa shape index (κ1) is 11.1. The third kappa shape index (κ3) is 2.09. The zero-order valence-corrected chi connectivity index (χ0v) is 9.65. The van der Waals surface area contributed by atoms with E-state index in [-0.39, 0.29) is 11.9 Å². The lowest BCUT2D eigenvalue weighted by molar-refractivity contribution is -0.148. The number of hydrogen-bond acceptors (Lipinski definition) is 5. The smallest absolute Gasteiger partial charge is 0.312 e. The summed E-state index contributed by atoms with van der Waals surface area (Å²) in [5.74, 6) is 0.404. The molecule has 0 amide bonds. The highest BCUT2D eigenvalue weighted by atomic mass is 35.5. The summed E-state index contributed by atoms with van der Waals surface area (Å²) in [6.07, 6.45) is 3.12. The SMILES string of the molecule is CCOC(=O)C1CN(c2nccnc2Cl)C1. The second kappa shape index (κ2) is 4.65. The van der Waals surface area contributed by atoms with E-state index < -0.39 is 0 Å². The van der Waals surface area contributed by atoms with Crippen molar-refractivity contribution in [2.24, 2.45) is 5.92 Å². The van der Waals surface area contributed by atoms with Crippen LogP contribution in [0.3, 0.4) is 0 Å². The van der Waals surface area contributed by atoms with E-state index in [0.29, 0.717) is 30.7 Å². The standard InChI is InChI=1S/C10H12ClN3O2/c1-2-16-10(15)7-5-14(6-7)9-8(11)12-3-4-13-9/h3-4,7H,2,5-6H2,1H3. The van der Waals surface area contributed by atoms with E-state index in [1.54, 1.807) is 13.1 Å². The zero-order valence-electron chi connectivity index (χ0n) is 8.89. The molecule has 1 fully saturated rings. The Hall–Kier alpha value is -1.36. The van der Waals surface area contributed by atoms with Crippen molar-refractivity contribution in [3.8, 4) is 0 Å². The normalized spacial score (nSPS) is 15.8. The average Bonchev–Trinajstić information content (AvgIpc) is 2.19. The number of hydrogen-bond donors (Lipinski definition) is 0. The molecule has 86 valence electrons. The predicted octanol–water partition coefficient (Wildman–Crippen LogP) is 1.13. The van der Waals surface area contributed by atoms with Gasteiger partial charge in [0.05, 0.1) is 12.5 Å². The number of aromatic nitrogens is 2. The van der Waals surface area contributed by atoms with E-state index in [1.807, 2.05) is 4.90 Å². The topological polar surface area (TPSA) is 55.3 Å². The molecular formula is C10H12ClN3O2. The van der Waals surface area contributed by atoms with E-state index in [1.165, 1.54) is 6.20 Å². The van der Waals surface area contributed by atoms with Crippen molar-refractivity contribution in [2.45, 2.75) is 6.92 Å². The first-order chi connectivity index (χ1) is 7.72.